The van der Waals surface area contributed by atoms with Crippen LogP contribution in [0.3, 0.4) is 0 Å². The molecule has 0 radical (unpaired) electrons. The van der Waals surface area contributed by atoms with E-state index in [1.54, 1.807) is 18.2 Å². The van der Waals surface area contributed by atoms with Crippen LogP contribution in [0.2, 0.25) is 0 Å². The maximum atomic E-state index is 11.6. The van der Waals surface area contributed by atoms with Gasteiger partial charge in [-0.15, -0.1) is 0 Å². The summed E-state index contributed by atoms with van der Waals surface area (Å²) in [6.45, 7) is 2.29. The molecule has 1 atom stereocenters. The van der Waals surface area contributed by atoms with Crippen LogP contribution in [0.4, 0.5) is 5.69 Å². The summed E-state index contributed by atoms with van der Waals surface area (Å²) in [5.74, 6) is -1.65. The first-order valence-corrected chi connectivity index (χ1v) is 8.40. The van der Waals surface area contributed by atoms with Crippen LogP contribution in [-0.2, 0) is 14.3 Å². The van der Waals surface area contributed by atoms with Crippen molar-refractivity contribution < 1.29 is 19.4 Å². The first kappa shape index (κ1) is 18.8. The van der Waals surface area contributed by atoms with Crippen LogP contribution in [0.15, 0.2) is 27.6 Å². The van der Waals surface area contributed by atoms with Crippen molar-refractivity contribution in [3.05, 3.63) is 22.7 Å². The Hall–Kier alpha value is -1.25. The Balaban J connectivity index is 2.53. The molecule has 0 aliphatic heterocycles. The predicted molar refractivity (Wildman–Crippen MR) is 89.5 cm³/mol. The quantitative estimate of drug-likeness (QED) is 0.258. The molecule has 0 saturated carbocycles. The van der Waals surface area contributed by atoms with Gasteiger partial charge >= 0.3 is 11.9 Å². The fourth-order valence-corrected chi connectivity index (χ4v) is 2.63. The minimum atomic E-state index is -1.12. The van der Waals surface area contributed by atoms with Gasteiger partial charge in [0.15, 0.2) is 0 Å². The first-order chi connectivity index (χ1) is 10.4. The molecule has 0 spiro atoms. The lowest BCUT2D eigenvalue weighted by molar-refractivity contribution is -0.149. The van der Waals surface area contributed by atoms with Crippen molar-refractivity contribution >= 4 is 45.5 Å². The molecule has 8 heteroatoms. The molecule has 0 bridgehead atoms. The Labute approximate surface area is 142 Å². The van der Waals surface area contributed by atoms with Crippen molar-refractivity contribution in [3.63, 3.8) is 0 Å². The number of aliphatic carboxylic acids is 1. The molecule has 1 rings (SSSR count). The van der Waals surface area contributed by atoms with Gasteiger partial charge in [0.25, 0.3) is 0 Å². The molecule has 1 aromatic carbocycles. The highest BCUT2D eigenvalue weighted by Crippen LogP contribution is 2.26. The molecular formula is C14H19BrN2O4S. The van der Waals surface area contributed by atoms with E-state index in [9.17, 15) is 9.59 Å². The third kappa shape index (κ3) is 6.67. The normalized spacial score (nSPS) is 11.9. The summed E-state index contributed by atoms with van der Waals surface area (Å²) >= 11 is 4.38. The van der Waals surface area contributed by atoms with Gasteiger partial charge in [0.2, 0.25) is 0 Å². The fourth-order valence-electron chi connectivity index (χ4n) is 1.48. The van der Waals surface area contributed by atoms with Gasteiger partial charge in [-0.05, 0) is 36.6 Å². The first-order valence-electron chi connectivity index (χ1n) is 6.79. The largest absolute Gasteiger partial charge is 0.480 e. The maximum absolute atomic E-state index is 11.6. The van der Waals surface area contributed by atoms with E-state index in [2.05, 4.69) is 20.7 Å². The number of anilines is 1. The number of carboxylic acids is 1. The number of carbonyl (C=O) groups is 2. The van der Waals surface area contributed by atoms with Gasteiger partial charge in [0, 0.05) is 15.1 Å². The molecular weight excluding hydrogens is 372 g/mol. The molecule has 0 heterocycles. The van der Waals surface area contributed by atoms with Crippen LogP contribution < -0.4 is 10.5 Å². The van der Waals surface area contributed by atoms with Crippen molar-refractivity contribution in [2.75, 3.05) is 12.3 Å². The number of rotatable bonds is 9. The maximum Gasteiger partial charge on any atom is 0.322 e. The van der Waals surface area contributed by atoms with Crippen molar-refractivity contribution in [3.8, 4) is 0 Å². The number of unbranched alkanes of at least 4 members (excludes halogenated alkanes) is 1. The van der Waals surface area contributed by atoms with E-state index in [1.807, 2.05) is 6.92 Å². The van der Waals surface area contributed by atoms with Crippen LogP contribution in [0.5, 0.6) is 0 Å². The Morgan fingerprint density at radius 3 is 2.82 bits per heavy atom. The molecule has 0 amide bonds. The summed E-state index contributed by atoms with van der Waals surface area (Å²) in [5.41, 5.74) is 6.35. The highest BCUT2D eigenvalue weighted by atomic mass is 79.9. The van der Waals surface area contributed by atoms with E-state index < -0.39 is 18.0 Å². The van der Waals surface area contributed by atoms with E-state index in [1.165, 1.54) is 0 Å². The van der Waals surface area contributed by atoms with Crippen LogP contribution in [0, 0.1) is 0 Å². The summed E-state index contributed by atoms with van der Waals surface area (Å²) in [6.07, 6.45) is 1.44. The molecule has 0 saturated heterocycles. The Bertz CT molecular complexity index is 528. The molecule has 0 aliphatic carbocycles. The third-order valence-electron chi connectivity index (χ3n) is 2.71. The number of benzene rings is 1. The number of carbonyl (C=O) groups excluding carboxylic acids is 1. The number of nitrogen functional groups attached to an aromatic ring is 1. The monoisotopic (exact) mass is 390 g/mol. The molecule has 0 unspecified atom stereocenters. The Morgan fingerprint density at radius 2 is 2.23 bits per heavy atom. The SMILES string of the molecule is CCCCOC(=O)C[C@H](NSc1ccc(Br)cc1N)C(=O)O. The van der Waals surface area contributed by atoms with Crippen molar-refractivity contribution in [1.29, 1.82) is 0 Å². The molecule has 1 aromatic rings. The zero-order chi connectivity index (χ0) is 16.5. The number of ether oxygens (including phenoxy) is 1. The average Bonchev–Trinajstić information content (AvgIpc) is 2.45. The lowest BCUT2D eigenvalue weighted by Crippen LogP contribution is -2.35. The molecule has 122 valence electrons. The smallest absolute Gasteiger partial charge is 0.322 e. The molecule has 4 N–H and O–H groups in total. The topological polar surface area (TPSA) is 102 Å². The zero-order valence-corrected chi connectivity index (χ0v) is 14.6. The lowest BCUT2D eigenvalue weighted by atomic mass is 10.2. The van der Waals surface area contributed by atoms with E-state index in [0.717, 1.165) is 29.3 Å². The van der Waals surface area contributed by atoms with E-state index in [0.29, 0.717) is 17.2 Å². The predicted octanol–water partition coefficient (Wildman–Crippen LogP) is 2.81. The number of hydrogen-bond donors (Lipinski definition) is 3. The summed E-state index contributed by atoms with van der Waals surface area (Å²) < 4.78 is 8.55. The second kappa shape index (κ2) is 9.70. The fraction of sp³-hybridized carbons (Fsp3) is 0.429. The van der Waals surface area contributed by atoms with E-state index in [-0.39, 0.29) is 6.42 Å². The van der Waals surface area contributed by atoms with Gasteiger partial charge in [-0.1, -0.05) is 29.3 Å². The number of nitrogens with one attached hydrogen (secondary N) is 1. The minimum Gasteiger partial charge on any atom is -0.480 e. The lowest BCUT2D eigenvalue weighted by Gasteiger charge is -2.14. The van der Waals surface area contributed by atoms with Crippen molar-refractivity contribution in [2.45, 2.75) is 37.1 Å². The van der Waals surface area contributed by atoms with Gasteiger partial charge in [-0.2, -0.15) is 0 Å². The van der Waals surface area contributed by atoms with Crippen LogP contribution >= 0.6 is 27.9 Å². The van der Waals surface area contributed by atoms with Crippen LogP contribution in [0.25, 0.3) is 0 Å². The number of esters is 1. The number of nitrogens with two attached hydrogens (primary N) is 1. The average molecular weight is 391 g/mol. The zero-order valence-electron chi connectivity index (χ0n) is 12.2. The Morgan fingerprint density at radius 1 is 1.50 bits per heavy atom. The summed E-state index contributed by atoms with van der Waals surface area (Å²) in [7, 11) is 0. The molecule has 0 aromatic heterocycles. The second-order valence-electron chi connectivity index (χ2n) is 4.57. The summed E-state index contributed by atoms with van der Waals surface area (Å²) in [4.78, 5) is 23.5. The standard InChI is InChI=1S/C14H19BrN2O4S/c1-2-3-6-21-13(18)8-11(14(19)20)17-22-12-5-4-9(15)7-10(12)16/h4-5,7,11,17H,2-3,6,8,16H2,1H3,(H,19,20)/t11-/m0/s1. The molecule has 0 aliphatic rings. The summed E-state index contributed by atoms with van der Waals surface area (Å²) in [5, 5.41) is 9.16. The molecule has 22 heavy (non-hydrogen) atoms. The van der Waals surface area contributed by atoms with E-state index in [4.69, 9.17) is 15.6 Å². The van der Waals surface area contributed by atoms with Crippen LogP contribution in [-0.4, -0.2) is 29.7 Å². The van der Waals surface area contributed by atoms with Crippen molar-refractivity contribution in [2.24, 2.45) is 0 Å². The minimum absolute atomic E-state index is 0.234. The number of halogens is 1. The third-order valence-corrected chi connectivity index (χ3v) is 4.20. The van der Waals surface area contributed by atoms with Gasteiger partial charge in [0.05, 0.1) is 13.0 Å². The van der Waals surface area contributed by atoms with Gasteiger partial charge in [0.1, 0.15) is 6.04 Å². The van der Waals surface area contributed by atoms with Gasteiger partial charge in [-0.3, -0.25) is 9.59 Å². The molecule has 0 fully saturated rings. The van der Waals surface area contributed by atoms with Gasteiger partial charge < -0.3 is 15.6 Å². The summed E-state index contributed by atoms with van der Waals surface area (Å²) in [6, 6.07) is 4.24. The van der Waals surface area contributed by atoms with E-state index >= 15 is 0 Å². The molecule has 6 nitrogen and oxygen atoms in total. The number of carboxylic acid groups (broad SMARTS) is 1. The van der Waals surface area contributed by atoms with Crippen LogP contribution in [0.1, 0.15) is 26.2 Å². The highest BCUT2D eigenvalue weighted by Gasteiger charge is 2.22. The Kier molecular flexibility index (Phi) is 8.29. The van der Waals surface area contributed by atoms with Gasteiger partial charge in [-0.25, -0.2) is 4.72 Å². The second-order valence-corrected chi connectivity index (χ2v) is 6.37. The highest BCUT2D eigenvalue weighted by molar-refractivity contribution is 9.10. The van der Waals surface area contributed by atoms with Crippen molar-refractivity contribution in [1.82, 2.24) is 4.72 Å². The number of hydrogen-bond acceptors (Lipinski definition) is 6.